The summed E-state index contributed by atoms with van der Waals surface area (Å²) in [6.45, 7) is 4.75. The zero-order valence-corrected chi connectivity index (χ0v) is 26.3. The predicted molar refractivity (Wildman–Crippen MR) is 159 cm³/mol. The number of aromatic nitrogens is 3. The number of carbonyl (C=O) groups excluding carboxylic acids is 2. The number of thiazole rings is 1. The average molecular weight is 672 g/mol. The van der Waals surface area contributed by atoms with E-state index in [1.54, 1.807) is 19.2 Å². The second-order valence-corrected chi connectivity index (χ2v) is 11.5. The van der Waals surface area contributed by atoms with Gasteiger partial charge in [-0.25, -0.2) is 4.79 Å². The molecule has 0 aliphatic rings. The van der Waals surface area contributed by atoms with Crippen LogP contribution in [-0.2, 0) is 41.6 Å². The van der Waals surface area contributed by atoms with Crippen molar-refractivity contribution in [2.75, 3.05) is 0 Å². The molecule has 0 bridgehead atoms. The van der Waals surface area contributed by atoms with Crippen LogP contribution >= 0.6 is 22.9 Å². The van der Waals surface area contributed by atoms with E-state index in [1.807, 2.05) is 6.92 Å². The molecule has 3 heterocycles. The van der Waals surface area contributed by atoms with E-state index in [2.05, 4.69) is 9.73 Å². The molecular formula is C28H29ClF3N5O7S. The molecule has 3 aromatic heterocycles. The summed E-state index contributed by atoms with van der Waals surface area (Å²) in [5.41, 5.74) is 5.64. The number of fused-ring (bicyclic) bond motifs is 1. The molecule has 4 aromatic rings. The minimum absolute atomic E-state index is 0.0104. The van der Waals surface area contributed by atoms with Crippen LogP contribution in [0.4, 0.5) is 13.2 Å². The summed E-state index contributed by atoms with van der Waals surface area (Å²) < 4.78 is 56.7. The Morgan fingerprint density at radius 3 is 2.51 bits per heavy atom. The number of carbonyl (C=O) groups is 2. The topological polar surface area (TPSA) is 153 Å². The van der Waals surface area contributed by atoms with Crippen LogP contribution in [0.25, 0.3) is 22.4 Å². The number of hydrogen-bond acceptors (Lipinski definition) is 9. The number of halogens is 4. The van der Waals surface area contributed by atoms with Crippen LogP contribution in [0.1, 0.15) is 31.6 Å². The van der Waals surface area contributed by atoms with Gasteiger partial charge in [-0.3, -0.25) is 28.1 Å². The van der Waals surface area contributed by atoms with Crippen molar-refractivity contribution in [3.63, 3.8) is 0 Å². The second-order valence-electron chi connectivity index (χ2n) is 10.2. The fraction of sp³-hybridized carbons (Fsp3) is 0.393. The van der Waals surface area contributed by atoms with Crippen LogP contribution in [0, 0.1) is 12.8 Å². The van der Waals surface area contributed by atoms with E-state index in [4.69, 9.17) is 26.5 Å². The fourth-order valence-corrected chi connectivity index (χ4v) is 5.58. The van der Waals surface area contributed by atoms with Gasteiger partial charge in [0.1, 0.15) is 22.9 Å². The van der Waals surface area contributed by atoms with Crippen LogP contribution in [0.5, 0.6) is 5.75 Å². The number of esters is 1. The molecular weight excluding hydrogens is 643 g/mol. The van der Waals surface area contributed by atoms with Crippen molar-refractivity contribution < 1.29 is 36.7 Å². The highest BCUT2D eigenvalue weighted by Gasteiger charge is 2.32. The van der Waals surface area contributed by atoms with Crippen LogP contribution in [0.3, 0.4) is 0 Å². The Balaban J connectivity index is 1.76. The quantitative estimate of drug-likeness (QED) is 0.264. The summed E-state index contributed by atoms with van der Waals surface area (Å²) in [7, 11) is 2.74. The molecule has 0 saturated heterocycles. The standard InChI is InChI=1S/C28H29ClF3N5O7S/c1-6-13(2)22(33)25(40)42-12-37-18(15-7-8-19(17(29)9-15)44-28(30,31)32)11-45-26(37)34-20(38)10-16-14(3)43-24-21(16)23(39)35(4)27(41)36(24)5/h7-9,11,13,22H,6,10,12,33H2,1-5H3/b34-26-/t13-,22-/m0/s1. The zero-order valence-electron chi connectivity index (χ0n) is 24.7. The first-order valence-corrected chi connectivity index (χ1v) is 14.7. The monoisotopic (exact) mass is 671 g/mol. The molecule has 17 heteroatoms. The molecule has 0 fully saturated rings. The highest BCUT2D eigenvalue weighted by atomic mass is 35.5. The smallest absolute Gasteiger partial charge is 0.444 e. The number of aryl methyl sites for hydroxylation is 2. The Morgan fingerprint density at radius 1 is 1.20 bits per heavy atom. The van der Waals surface area contributed by atoms with Gasteiger partial charge in [0.25, 0.3) is 11.5 Å². The molecule has 1 amide bonds. The highest BCUT2D eigenvalue weighted by Crippen LogP contribution is 2.34. The average Bonchev–Trinajstić information content (AvgIpc) is 3.53. The summed E-state index contributed by atoms with van der Waals surface area (Å²) in [6.07, 6.45) is -4.71. The Labute approximate surface area is 262 Å². The Morgan fingerprint density at radius 2 is 1.89 bits per heavy atom. The first kappa shape index (κ1) is 33.7. The number of rotatable bonds is 9. The van der Waals surface area contributed by atoms with Crippen LogP contribution < -0.4 is 26.5 Å². The molecule has 12 nitrogen and oxygen atoms in total. The fourth-order valence-electron chi connectivity index (χ4n) is 4.45. The predicted octanol–water partition coefficient (Wildman–Crippen LogP) is 3.76. The molecule has 2 atom stereocenters. The molecule has 0 aliphatic carbocycles. The van der Waals surface area contributed by atoms with Crippen molar-refractivity contribution in [3.05, 3.63) is 65.6 Å². The molecule has 242 valence electrons. The third-order valence-electron chi connectivity index (χ3n) is 7.25. The molecule has 0 spiro atoms. The summed E-state index contributed by atoms with van der Waals surface area (Å²) in [6, 6.07) is 2.63. The summed E-state index contributed by atoms with van der Waals surface area (Å²) >= 11 is 7.05. The van der Waals surface area contributed by atoms with Crippen molar-refractivity contribution >= 4 is 45.9 Å². The number of hydrogen-bond donors (Lipinski definition) is 1. The van der Waals surface area contributed by atoms with Gasteiger partial charge >= 0.3 is 18.0 Å². The van der Waals surface area contributed by atoms with Gasteiger partial charge in [0.2, 0.25) is 5.71 Å². The number of furan rings is 1. The van der Waals surface area contributed by atoms with Gasteiger partial charge in [0, 0.05) is 30.6 Å². The largest absolute Gasteiger partial charge is 0.573 e. The highest BCUT2D eigenvalue weighted by molar-refractivity contribution is 7.07. The van der Waals surface area contributed by atoms with E-state index >= 15 is 0 Å². The molecule has 0 radical (unpaired) electrons. The van der Waals surface area contributed by atoms with Gasteiger partial charge in [0.05, 0.1) is 17.1 Å². The number of alkyl halides is 3. The molecule has 0 unspecified atom stereocenters. The zero-order chi connectivity index (χ0) is 33.4. The van der Waals surface area contributed by atoms with Crippen LogP contribution in [0.15, 0.2) is 42.6 Å². The lowest BCUT2D eigenvalue weighted by atomic mass is 10.0. The minimum Gasteiger partial charge on any atom is -0.444 e. The van der Waals surface area contributed by atoms with Crippen molar-refractivity contribution in [2.45, 2.75) is 52.7 Å². The van der Waals surface area contributed by atoms with E-state index in [1.165, 1.54) is 30.8 Å². The summed E-state index contributed by atoms with van der Waals surface area (Å²) in [5, 5.41) is 1.27. The Hall–Kier alpha value is -4.15. The summed E-state index contributed by atoms with van der Waals surface area (Å²) in [5.74, 6) is -1.97. The Bertz CT molecular complexity index is 1970. The molecule has 0 saturated carbocycles. The summed E-state index contributed by atoms with van der Waals surface area (Å²) in [4.78, 5) is 55.4. The van der Waals surface area contributed by atoms with Gasteiger partial charge in [-0.05, 0) is 31.0 Å². The first-order valence-electron chi connectivity index (χ1n) is 13.5. The molecule has 1 aromatic carbocycles. The lowest BCUT2D eigenvalue weighted by Crippen LogP contribution is -2.38. The van der Waals surface area contributed by atoms with Gasteiger partial charge in [-0.15, -0.1) is 24.5 Å². The maximum absolute atomic E-state index is 13.3. The molecule has 2 N–H and O–H groups in total. The van der Waals surface area contributed by atoms with Crippen LogP contribution in [-0.4, -0.2) is 38.0 Å². The maximum Gasteiger partial charge on any atom is 0.573 e. The van der Waals surface area contributed by atoms with Gasteiger partial charge in [-0.1, -0.05) is 31.9 Å². The minimum atomic E-state index is -4.96. The van der Waals surface area contributed by atoms with Crippen molar-refractivity contribution in [1.29, 1.82) is 0 Å². The first-order chi connectivity index (χ1) is 21.0. The maximum atomic E-state index is 13.3. The van der Waals surface area contributed by atoms with Crippen molar-refractivity contribution in [1.82, 2.24) is 13.7 Å². The van der Waals surface area contributed by atoms with Crippen molar-refractivity contribution in [2.24, 2.45) is 30.7 Å². The number of ether oxygens (including phenoxy) is 2. The molecule has 4 rings (SSSR count). The van der Waals surface area contributed by atoms with Crippen LogP contribution in [0.2, 0.25) is 5.02 Å². The third kappa shape index (κ3) is 7.07. The van der Waals surface area contributed by atoms with Crippen molar-refractivity contribution in [3.8, 4) is 17.0 Å². The van der Waals surface area contributed by atoms with Gasteiger partial charge < -0.3 is 19.6 Å². The van der Waals surface area contributed by atoms with E-state index in [-0.39, 0.29) is 44.6 Å². The third-order valence-corrected chi connectivity index (χ3v) is 8.41. The second kappa shape index (κ2) is 13.1. The normalized spacial score (nSPS) is 13.7. The van der Waals surface area contributed by atoms with E-state index in [0.29, 0.717) is 17.7 Å². The van der Waals surface area contributed by atoms with Gasteiger partial charge in [0.15, 0.2) is 11.5 Å². The molecule has 0 aliphatic heterocycles. The lowest BCUT2D eigenvalue weighted by molar-refractivity contribution is -0.274. The van der Waals surface area contributed by atoms with E-state index < -0.39 is 48.0 Å². The lowest BCUT2D eigenvalue weighted by Gasteiger charge is -2.18. The SMILES string of the molecule is CC[C@H](C)[C@H](N)C(=O)OCn1c(-c2ccc(OC(F)(F)F)c(Cl)c2)cs/c1=N\C(=O)Cc1c(C)oc2c1c(=O)n(C)c(=O)n2C. The number of amides is 1. The number of nitrogens with two attached hydrogens (primary N) is 1. The van der Waals surface area contributed by atoms with E-state index in [0.717, 1.165) is 26.5 Å². The number of benzene rings is 1. The van der Waals surface area contributed by atoms with E-state index in [9.17, 15) is 32.3 Å². The molecule has 45 heavy (non-hydrogen) atoms. The Kier molecular flexibility index (Phi) is 9.80. The van der Waals surface area contributed by atoms with Gasteiger partial charge in [-0.2, -0.15) is 4.99 Å². The number of nitrogens with zero attached hydrogens (tertiary/aromatic N) is 4.